The topological polar surface area (TPSA) is 77.2 Å². The Hall–Kier alpha value is -1.37. The van der Waals surface area contributed by atoms with E-state index < -0.39 is 5.97 Å². The average Bonchev–Trinajstić information content (AvgIpc) is 2.86. The first-order valence-electron chi connectivity index (χ1n) is 6.34. The predicted octanol–water partition coefficient (Wildman–Crippen LogP) is 0.475. The van der Waals surface area contributed by atoms with Gasteiger partial charge in [-0.05, 0) is 26.6 Å². The molecule has 1 fully saturated rings. The van der Waals surface area contributed by atoms with Crippen molar-refractivity contribution >= 4 is 5.97 Å². The molecular formula is C13H20N2O4. The lowest BCUT2D eigenvalue weighted by atomic mass is 10.1. The van der Waals surface area contributed by atoms with Crippen LogP contribution in [0.4, 0.5) is 0 Å². The number of carbonyl (C=O) groups is 1. The maximum Gasteiger partial charge on any atom is 0.372 e. The molecule has 1 aliphatic heterocycles. The lowest BCUT2D eigenvalue weighted by molar-refractivity contribution is 0.0658. The van der Waals surface area contributed by atoms with E-state index in [4.69, 9.17) is 9.52 Å². The van der Waals surface area contributed by atoms with E-state index >= 15 is 0 Å². The summed E-state index contributed by atoms with van der Waals surface area (Å²) in [6.45, 7) is 1.91. The number of aliphatic hydroxyl groups is 1. The number of nitrogens with zero attached hydrogens (tertiary/aromatic N) is 2. The van der Waals surface area contributed by atoms with Crippen LogP contribution in [0.1, 0.15) is 22.5 Å². The highest BCUT2D eigenvalue weighted by Gasteiger charge is 2.32. The number of β-amino-alcohol motifs (C(OH)–C–C–N with tert-alkyl or cyclic N) is 1. The summed E-state index contributed by atoms with van der Waals surface area (Å²) in [5.41, 5.74) is 0.658. The number of hydrogen-bond acceptors (Lipinski definition) is 5. The van der Waals surface area contributed by atoms with E-state index in [9.17, 15) is 9.90 Å². The van der Waals surface area contributed by atoms with E-state index in [1.54, 1.807) is 6.07 Å². The highest BCUT2D eigenvalue weighted by atomic mass is 16.4. The number of likely N-dealkylation sites (tertiary alicyclic amines) is 1. The monoisotopic (exact) mass is 268 g/mol. The Morgan fingerprint density at radius 3 is 2.95 bits per heavy atom. The SMILES string of the molecule is CN(C)CC1CC(O)CN1Cc1ccoc1C(=O)O. The average molecular weight is 268 g/mol. The van der Waals surface area contributed by atoms with Crippen LogP contribution in [0.2, 0.25) is 0 Å². The molecule has 0 bridgehead atoms. The second-order valence-electron chi connectivity index (χ2n) is 5.32. The first kappa shape index (κ1) is 14.0. The van der Waals surface area contributed by atoms with Gasteiger partial charge in [0.1, 0.15) is 0 Å². The molecule has 2 N–H and O–H groups in total. The fraction of sp³-hybridized carbons (Fsp3) is 0.615. The van der Waals surface area contributed by atoms with E-state index in [1.807, 2.05) is 14.1 Å². The number of aromatic carboxylic acids is 1. The van der Waals surface area contributed by atoms with Crippen molar-refractivity contribution in [2.75, 3.05) is 27.2 Å². The summed E-state index contributed by atoms with van der Waals surface area (Å²) in [6.07, 6.45) is 1.77. The minimum Gasteiger partial charge on any atom is -0.475 e. The number of furan rings is 1. The second-order valence-corrected chi connectivity index (χ2v) is 5.32. The minimum atomic E-state index is -1.05. The van der Waals surface area contributed by atoms with Crippen LogP contribution < -0.4 is 0 Å². The number of carboxylic acid groups (broad SMARTS) is 1. The van der Waals surface area contributed by atoms with Crippen LogP contribution in [0.3, 0.4) is 0 Å². The van der Waals surface area contributed by atoms with Crippen LogP contribution in [-0.4, -0.2) is 65.3 Å². The van der Waals surface area contributed by atoms with Gasteiger partial charge in [0.05, 0.1) is 12.4 Å². The molecule has 1 aromatic rings. The van der Waals surface area contributed by atoms with Gasteiger partial charge in [0, 0.05) is 31.2 Å². The normalized spacial score (nSPS) is 24.2. The largest absolute Gasteiger partial charge is 0.475 e. The van der Waals surface area contributed by atoms with Gasteiger partial charge in [0.25, 0.3) is 0 Å². The van der Waals surface area contributed by atoms with E-state index in [-0.39, 0.29) is 17.9 Å². The third-order valence-corrected chi connectivity index (χ3v) is 3.40. The Morgan fingerprint density at radius 2 is 2.32 bits per heavy atom. The van der Waals surface area contributed by atoms with Crippen LogP contribution >= 0.6 is 0 Å². The van der Waals surface area contributed by atoms with Crippen molar-refractivity contribution in [1.82, 2.24) is 9.80 Å². The molecule has 106 valence electrons. The molecule has 2 heterocycles. The molecule has 19 heavy (non-hydrogen) atoms. The number of aliphatic hydroxyl groups excluding tert-OH is 1. The minimum absolute atomic E-state index is 0.00927. The van der Waals surface area contributed by atoms with Crippen molar-refractivity contribution in [3.05, 3.63) is 23.7 Å². The smallest absolute Gasteiger partial charge is 0.372 e. The van der Waals surface area contributed by atoms with Gasteiger partial charge in [0.15, 0.2) is 0 Å². The fourth-order valence-corrected chi connectivity index (χ4v) is 2.63. The summed E-state index contributed by atoms with van der Waals surface area (Å²) in [6, 6.07) is 1.92. The first-order chi connectivity index (χ1) is 8.97. The van der Waals surface area contributed by atoms with E-state index in [2.05, 4.69) is 9.80 Å². The number of rotatable bonds is 5. The summed E-state index contributed by atoms with van der Waals surface area (Å²) >= 11 is 0. The number of hydrogen-bond donors (Lipinski definition) is 2. The molecule has 0 aliphatic carbocycles. The Balaban J connectivity index is 2.08. The molecule has 1 aliphatic rings. The first-order valence-corrected chi connectivity index (χ1v) is 6.34. The van der Waals surface area contributed by atoms with Crippen LogP contribution in [0.25, 0.3) is 0 Å². The third kappa shape index (κ3) is 3.34. The second kappa shape index (κ2) is 5.73. The van der Waals surface area contributed by atoms with Gasteiger partial charge in [0.2, 0.25) is 5.76 Å². The molecule has 1 aromatic heterocycles. The van der Waals surface area contributed by atoms with Gasteiger partial charge in [-0.3, -0.25) is 4.90 Å². The highest BCUT2D eigenvalue weighted by Crippen LogP contribution is 2.23. The predicted molar refractivity (Wildman–Crippen MR) is 69.0 cm³/mol. The van der Waals surface area contributed by atoms with Crippen molar-refractivity contribution < 1.29 is 19.4 Å². The molecule has 2 unspecified atom stereocenters. The summed E-state index contributed by atoms with van der Waals surface area (Å²) < 4.78 is 4.98. The summed E-state index contributed by atoms with van der Waals surface area (Å²) in [5.74, 6) is -1.06. The molecular weight excluding hydrogens is 248 g/mol. The van der Waals surface area contributed by atoms with E-state index in [0.717, 1.165) is 13.0 Å². The zero-order chi connectivity index (χ0) is 14.0. The quantitative estimate of drug-likeness (QED) is 0.808. The molecule has 2 atom stereocenters. The van der Waals surface area contributed by atoms with Crippen molar-refractivity contribution in [3.63, 3.8) is 0 Å². The molecule has 0 saturated carbocycles. The summed E-state index contributed by atoms with van der Waals surface area (Å²) in [4.78, 5) is 15.2. The Kier molecular flexibility index (Phi) is 4.24. The summed E-state index contributed by atoms with van der Waals surface area (Å²) in [5, 5.41) is 18.8. The fourth-order valence-electron chi connectivity index (χ4n) is 2.63. The van der Waals surface area contributed by atoms with Crippen molar-refractivity contribution in [3.8, 4) is 0 Å². The van der Waals surface area contributed by atoms with Gasteiger partial charge in [-0.25, -0.2) is 4.79 Å². The summed E-state index contributed by atoms with van der Waals surface area (Å²) in [7, 11) is 3.98. The van der Waals surface area contributed by atoms with Gasteiger partial charge in [-0.15, -0.1) is 0 Å². The van der Waals surface area contributed by atoms with Gasteiger partial charge in [-0.2, -0.15) is 0 Å². The van der Waals surface area contributed by atoms with E-state index in [1.165, 1.54) is 6.26 Å². The molecule has 0 aromatic carbocycles. The molecule has 2 rings (SSSR count). The Bertz CT molecular complexity index is 444. The number of carboxylic acids is 1. The van der Waals surface area contributed by atoms with Crippen molar-refractivity contribution in [1.29, 1.82) is 0 Å². The molecule has 0 spiro atoms. The van der Waals surface area contributed by atoms with E-state index in [0.29, 0.717) is 18.7 Å². The van der Waals surface area contributed by atoms with Crippen molar-refractivity contribution in [2.45, 2.75) is 25.1 Å². The molecule has 6 nitrogen and oxygen atoms in total. The number of likely N-dealkylation sites (N-methyl/N-ethyl adjacent to an activating group) is 1. The highest BCUT2D eigenvalue weighted by molar-refractivity contribution is 5.86. The lowest BCUT2D eigenvalue weighted by Gasteiger charge is -2.26. The van der Waals surface area contributed by atoms with Crippen molar-refractivity contribution in [2.24, 2.45) is 0 Å². The van der Waals surface area contributed by atoms with Crippen LogP contribution in [-0.2, 0) is 6.54 Å². The maximum absolute atomic E-state index is 11.0. The van der Waals surface area contributed by atoms with Gasteiger partial charge >= 0.3 is 5.97 Å². The van der Waals surface area contributed by atoms with Crippen LogP contribution in [0.15, 0.2) is 16.7 Å². The van der Waals surface area contributed by atoms with Gasteiger partial charge < -0.3 is 19.5 Å². The maximum atomic E-state index is 11.0. The Labute approximate surface area is 112 Å². The lowest BCUT2D eigenvalue weighted by Crippen LogP contribution is -2.37. The zero-order valence-electron chi connectivity index (χ0n) is 11.2. The zero-order valence-corrected chi connectivity index (χ0v) is 11.2. The van der Waals surface area contributed by atoms with Crippen LogP contribution in [0.5, 0.6) is 0 Å². The Morgan fingerprint density at radius 1 is 1.58 bits per heavy atom. The molecule has 1 saturated heterocycles. The molecule has 6 heteroatoms. The third-order valence-electron chi connectivity index (χ3n) is 3.40. The molecule has 0 amide bonds. The molecule has 0 radical (unpaired) electrons. The standard InChI is InChI=1S/C13H20N2O4/c1-14(2)7-10-5-11(16)8-15(10)6-9-3-4-19-12(9)13(17)18/h3-4,10-11,16H,5-8H2,1-2H3,(H,17,18). The van der Waals surface area contributed by atoms with Crippen LogP contribution in [0, 0.1) is 0 Å². The van der Waals surface area contributed by atoms with Gasteiger partial charge in [-0.1, -0.05) is 0 Å².